The number of nitrogens with one attached hydrogen (secondary N) is 3. The van der Waals surface area contributed by atoms with E-state index < -0.39 is 23.4 Å². The van der Waals surface area contributed by atoms with E-state index >= 15 is 0 Å². The summed E-state index contributed by atoms with van der Waals surface area (Å²) in [5.41, 5.74) is 0.623. The van der Waals surface area contributed by atoms with Gasteiger partial charge in [0, 0.05) is 35.8 Å². The van der Waals surface area contributed by atoms with Gasteiger partial charge in [-0.1, -0.05) is 11.6 Å². The summed E-state index contributed by atoms with van der Waals surface area (Å²) in [6.45, 7) is 1.29. The van der Waals surface area contributed by atoms with Gasteiger partial charge in [-0.2, -0.15) is 0 Å². The number of benzene rings is 2. The Hall–Kier alpha value is -3.63. The van der Waals surface area contributed by atoms with Crippen molar-refractivity contribution >= 4 is 51.5 Å². The van der Waals surface area contributed by atoms with E-state index in [1.807, 2.05) is 19.0 Å². The molecule has 1 aromatic heterocycles. The van der Waals surface area contributed by atoms with E-state index in [0.29, 0.717) is 23.4 Å². The number of fused-ring (bicyclic) bond motifs is 1. The van der Waals surface area contributed by atoms with Gasteiger partial charge in [0.25, 0.3) is 0 Å². The summed E-state index contributed by atoms with van der Waals surface area (Å²) in [6.07, 6.45) is 4.11. The second-order valence-electron chi connectivity index (χ2n) is 7.60. The lowest BCUT2D eigenvalue weighted by Gasteiger charge is -2.11. The van der Waals surface area contributed by atoms with Crippen LogP contribution in [0.2, 0.25) is 5.02 Å². The van der Waals surface area contributed by atoms with Gasteiger partial charge >= 0.3 is 0 Å². The third kappa shape index (κ3) is 6.93. The lowest BCUT2D eigenvalue weighted by atomic mass is 10.2. The Morgan fingerprint density at radius 2 is 1.82 bits per heavy atom. The Balaban J connectivity index is 1.72. The van der Waals surface area contributed by atoms with E-state index in [0.717, 1.165) is 31.2 Å². The molecule has 0 aliphatic carbocycles. The number of anilines is 3. The molecule has 0 spiro atoms. The molecule has 0 aliphatic rings. The predicted molar refractivity (Wildman–Crippen MR) is 128 cm³/mol. The van der Waals surface area contributed by atoms with E-state index in [2.05, 4.69) is 25.9 Å². The molecule has 0 radical (unpaired) electrons. The SMILES string of the molecule is CN(C)CCCNC(=O)C=CC(=O)Nc1cc2c(Nc3ccc(F)c(Cl)c3)ncnc2cc1F. The fraction of sp³-hybridized carbons (Fsp3) is 0.217. The Bertz CT molecular complexity index is 1240. The first-order chi connectivity index (χ1) is 16.2. The van der Waals surface area contributed by atoms with Gasteiger partial charge in [0.05, 0.1) is 16.2 Å². The van der Waals surface area contributed by atoms with Crippen molar-refractivity contribution in [3.63, 3.8) is 0 Å². The van der Waals surface area contributed by atoms with Crippen LogP contribution < -0.4 is 16.0 Å². The largest absolute Gasteiger partial charge is 0.353 e. The van der Waals surface area contributed by atoms with Gasteiger partial charge in [-0.25, -0.2) is 18.7 Å². The van der Waals surface area contributed by atoms with Gasteiger partial charge < -0.3 is 20.9 Å². The number of nitrogens with zero attached hydrogens (tertiary/aromatic N) is 3. The van der Waals surface area contributed by atoms with E-state index in [1.54, 1.807) is 0 Å². The van der Waals surface area contributed by atoms with Crippen molar-refractivity contribution in [1.82, 2.24) is 20.2 Å². The first-order valence-electron chi connectivity index (χ1n) is 10.3. The zero-order valence-corrected chi connectivity index (χ0v) is 19.3. The van der Waals surface area contributed by atoms with E-state index in [9.17, 15) is 18.4 Å². The summed E-state index contributed by atoms with van der Waals surface area (Å²) < 4.78 is 28.0. The fourth-order valence-corrected chi connectivity index (χ4v) is 3.16. The Labute approximate surface area is 200 Å². The quantitative estimate of drug-likeness (QED) is 0.312. The maximum absolute atomic E-state index is 14.5. The molecule has 0 fully saturated rings. The molecule has 3 aromatic rings. The molecule has 0 saturated carbocycles. The molecule has 3 N–H and O–H groups in total. The maximum atomic E-state index is 14.5. The van der Waals surface area contributed by atoms with Crippen LogP contribution in [0, 0.1) is 11.6 Å². The molecule has 8 nitrogen and oxygen atoms in total. The highest BCUT2D eigenvalue weighted by Gasteiger charge is 2.12. The summed E-state index contributed by atoms with van der Waals surface area (Å²) in [4.78, 5) is 34.2. The van der Waals surface area contributed by atoms with Crippen LogP contribution in [0.4, 0.5) is 26.0 Å². The van der Waals surface area contributed by atoms with Gasteiger partial charge in [-0.05, 0) is 51.3 Å². The number of aromatic nitrogens is 2. The first-order valence-corrected chi connectivity index (χ1v) is 10.7. The molecule has 2 aromatic carbocycles. The third-order valence-electron chi connectivity index (χ3n) is 4.63. The van der Waals surface area contributed by atoms with Crippen LogP contribution in [0.5, 0.6) is 0 Å². The molecule has 34 heavy (non-hydrogen) atoms. The molecule has 0 bridgehead atoms. The number of carbonyl (C=O) groups is 2. The first kappa shape index (κ1) is 25.0. The molecule has 2 amide bonds. The van der Waals surface area contributed by atoms with Crippen molar-refractivity contribution in [3.8, 4) is 0 Å². The molecule has 11 heteroatoms. The lowest BCUT2D eigenvalue weighted by Crippen LogP contribution is -2.25. The number of halogens is 3. The van der Waals surface area contributed by atoms with Crippen molar-refractivity contribution in [2.75, 3.05) is 37.8 Å². The molecule has 0 atom stereocenters. The van der Waals surface area contributed by atoms with Crippen molar-refractivity contribution in [1.29, 1.82) is 0 Å². The molecular formula is C23H23ClF2N6O2. The highest BCUT2D eigenvalue weighted by molar-refractivity contribution is 6.31. The number of hydrogen-bond acceptors (Lipinski definition) is 6. The van der Waals surface area contributed by atoms with E-state index in [1.165, 1.54) is 30.6 Å². The molecule has 3 rings (SSSR count). The molecule has 178 valence electrons. The van der Waals surface area contributed by atoms with Gasteiger partial charge in [0.15, 0.2) is 0 Å². The van der Waals surface area contributed by atoms with Crippen molar-refractivity contribution < 1.29 is 18.4 Å². The summed E-state index contributed by atoms with van der Waals surface area (Å²) in [6, 6.07) is 6.57. The van der Waals surface area contributed by atoms with Crippen LogP contribution in [-0.4, -0.2) is 53.9 Å². The van der Waals surface area contributed by atoms with Crippen LogP contribution >= 0.6 is 11.6 Å². The minimum atomic E-state index is -0.711. The maximum Gasteiger partial charge on any atom is 0.248 e. The average Bonchev–Trinajstić information content (AvgIpc) is 2.78. The molecule has 0 aliphatic heterocycles. The topological polar surface area (TPSA) is 99.2 Å². The highest BCUT2D eigenvalue weighted by Crippen LogP contribution is 2.29. The van der Waals surface area contributed by atoms with Gasteiger partial charge in [-0.3, -0.25) is 9.59 Å². The van der Waals surface area contributed by atoms with Crippen LogP contribution in [0.25, 0.3) is 10.9 Å². The zero-order valence-electron chi connectivity index (χ0n) is 18.5. The third-order valence-corrected chi connectivity index (χ3v) is 4.92. The Morgan fingerprint density at radius 3 is 2.56 bits per heavy atom. The Morgan fingerprint density at radius 1 is 1.06 bits per heavy atom. The number of amides is 2. The predicted octanol–water partition coefficient (Wildman–Crippen LogP) is 3.87. The molecule has 0 saturated heterocycles. The minimum Gasteiger partial charge on any atom is -0.353 e. The average molecular weight is 489 g/mol. The van der Waals surface area contributed by atoms with Gasteiger partial charge in [0.2, 0.25) is 11.8 Å². The number of carbonyl (C=O) groups excluding carboxylic acids is 2. The van der Waals surface area contributed by atoms with E-state index in [-0.39, 0.29) is 16.2 Å². The van der Waals surface area contributed by atoms with Crippen LogP contribution in [0.3, 0.4) is 0 Å². The normalized spacial score (nSPS) is 11.2. The second kappa shape index (κ2) is 11.5. The zero-order chi connectivity index (χ0) is 24.7. The highest BCUT2D eigenvalue weighted by atomic mass is 35.5. The lowest BCUT2D eigenvalue weighted by molar-refractivity contribution is -0.117. The summed E-state index contributed by atoms with van der Waals surface area (Å²) in [7, 11) is 3.86. The van der Waals surface area contributed by atoms with Crippen molar-refractivity contribution in [3.05, 3.63) is 65.5 Å². The molecule has 1 heterocycles. The minimum absolute atomic E-state index is 0.0733. The van der Waals surface area contributed by atoms with Gasteiger partial charge in [-0.15, -0.1) is 0 Å². The van der Waals surface area contributed by atoms with E-state index in [4.69, 9.17) is 11.6 Å². The van der Waals surface area contributed by atoms with Crippen molar-refractivity contribution in [2.24, 2.45) is 0 Å². The summed E-state index contributed by atoms with van der Waals surface area (Å²) in [5.74, 6) is -2.08. The summed E-state index contributed by atoms with van der Waals surface area (Å²) >= 11 is 5.82. The monoisotopic (exact) mass is 488 g/mol. The Kier molecular flexibility index (Phi) is 8.44. The number of rotatable bonds is 9. The molecule has 0 unspecified atom stereocenters. The molecular weight excluding hydrogens is 466 g/mol. The fourth-order valence-electron chi connectivity index (χ4n) is 2.98. The summed E-state index contributed by atoms with van der Waals surface area (Å²) in [5, 5.41) is 8.38. The van der Waals surface area contributed by atoms with Gasteiger partial charge in [0.1, 0.15) is 23.8 Å². The van der Waals surface area contributed by atoms with Crippen LogP contribution in [0.15, 0.2) is 48.8 Å². The smallest absolute Gasteiger partial charge is 0.248 e. The standard InChI is InChI=1S/C23H23ClF2N6O2/c1-32(2)9-3-8-27-21(33)6-7-22(34)31-20-11-15-19(12-18(20)26)28-13-29-23(15)30-14-4-5-17(25)16(24)10-14/h4-7,10-13H,3,8-9H2,1-2H3,(H,27,33)(H,31,34)(H,28,29,30). The number of hydrogen-bond donors (Lipinski definition) is 3. The second-order valence-corrected chi connectivity index (χ2v) is 8.00. The van der Waals surface area contributed by atoms with Crippen LogP contribution in [-0.2, 0) is 9.59 Å². The van der Waals surface area contributed by atoms with Crippen molar-refractivity contribution in [2.45, 2.75) is 6.42 Å². The van der Waals surface area contributed by atoms with Crippen LogP contribution in [0.1, 0.15) is 6.42 Å².